The van der Waals surface area contributed by atoms with Crippen LogP contribution in [-0.4, -0.2) is 16.5 Å². The second-order valence-electron chi connectivity index (χ2n) is 7.62. The predicted molar refractivity (Wildman–Crippen MR) is 117 cm³/mol. The van der Waals surface area contributed by atoms with E-state index in [0.717, 1.165) is 58.9 Å². The molecule has 5 aromatic rings. The molecule has 3 heterocycles. The fourth-order valence-corrected chi connectivity index (χ4v) is 4.06. The molecule has 30 heavy (non-hydrogen) atoms. The van der Waals surface area contributed by atoms with Gasteiger partial charge in [-0.1, -0.05) is 42.5 Å². The Morgan fingerprint density at radius 3 is 2.60 bits per heavy atom. The van der Waals surface area contributed by atoms with Crippen molar-refractivity contribution in [3.63, 3.8) is 0 Å². The molecule has 5 rings (SSSR count). The van der Waals surface area contributed by atoms with Gasteiger partial charge in [-0.15, -0.1) is 0 Å². The average molecular weight is 398 g/mol. The minimum Gasteiger partial charge on any atom is -0.469 e. The fourth-order valence-electron chi connectivity index (χ4n) is 4.06. The van der Waals surface area contributed by atoms with Gasteiger partial charge in [0.1, 0.15) is 22.7 Å². The van der Waals surface area contributed by atoms with Crippen molar-refractivity contribution in [2.24, 2.45) is 0 Å². The highest BCUT2D eigenvalue weighted by molar-refractivity contribution is 6.04. The molecular weight excluding hydrogens is 374 g/mol. The zero-order chi connectivity index (χ0) is 20.3. The number of quaternary nitrogens is 1. The number of hydrogen-bond acceptors (Lipinski definition) is 4. The Kier molecular flexibility index (Phi) is 5.03. The van der Waals surface area contributed by atoms with E-state index in [0.29, 0.717) is 5.92 Å². The van der Waals surface area contributed by atoms with Crippen LogP contribution in [0.4, 0.5) is 5.82 Å². The van der Waals surface area contributed by atoms with E-state index < -0.39 is 0 Å². The van der Waals surface area contributed by atoms with Crippen LogP contribution in [0.2, 0.25) is 0 Å². The van der Waals surface area contributed by atoms with Gasteiger partial charge in [-0.05, 0) is 43.2 Å². The van der Waals surface area contributed by atoms with Gasteiger partial charge in [-0.2, -0.15) is 4.98 Å². The Labute approximate surface area is 174 Å². The second kappa shape index (κ2) is 8.13. The van der Waals surface area contributed by atoms with Crippen molar-refractivity contribution >= 4 is 27.9 Å². The molecule has 1 atom stereocenters. The highest BCUT2D eigenvalue weighted by Gasteiger charge is 2.20. The Morgan fingerprint density at radius 1 is 0.933 bits per heavy atom. The van der Waals surface area contributed by atoms with E-state index in [9.17, 15) is 0 Å². The zero-order valence-corrected chi connectivity index (χ0v) is 16.9. The van der Waals surface area contributed by atoms with Gasteiger partial charge in [0.2, 0.25) is 5.58 Å². The Balaban J connectivity index is 1.37. The van der Waals surface area contributed by atoms with Gasteiger partial charge >= 0.3 is 0 Å². The van der Waals surface area contributed by atoms with Crippen molar-refractivity contribution in [2.45, 2.75) is 25.7 Å². The van der Waals surface area contributed by atoms with Crippen LogP contribution in [-0.2, 0) is 6.42 Å². The quantitative estimate of drug-likeness (QED) is 0.424. The Hall–Kier alpha value is -3.44. The maximum Gasteiger partial charge on any atom is 0.272 e. The number of benzene rings is 2. The van der Waals surface area contributed by atoms with Crippen LogP contribution in [0, 0.1) is 6.92 Å². The first kappa shape index (κ1) is 18.6. The maximum absolute atomic E-state index is 6.09. The predicted octanol–water partition coefficient (Wildman–Crippen LogP) is 4.89. The van der Waals surface area contributed by atoms with Crippen LogP contribution < -0.4 is 5.32 Å². The molecule has 0 aliphatic heterocycles. The van der Waals surface area contributed by atoms with E-state index in [1.165, 1.54) is 5.56 Å². The molecule has 0 saturated carbocycles. The topological polar surface area (TPSA) is 68.7 Å². The van der Waals surface area contributed by atoms with Crippen molar-refractivity contribution in [2.75, 3.05) is 6.54 Å². The van der Waals surface area contributed by atoms with Crippen LogP contribution in [0.15, 0.2) is 81.8 Å². The van der Waals surface area contributed by atoms with E-state index >= 15 is 0 Å². The molecule has 0 spiro atoms. The van der Waals surface area contributed by atoms with Gasteiger partial charge in [0.05, 0.1) is 12.8 Å². The van der Waals surface area contributed by atoms with E-state index in [1.807, 2.05) is 37.3 Å². The number of nitrogens with zero attached hydrogens (tertiary/aromatic N) is 2. The van der Waals surface area contributed by atoms with E-state index in [-0.39, 0.29) is 0 Å². The number of rotatable bonds is 7. The van der Waals surface area contributed by atoms with Crippen molar-refractivity contribution in [3.05, 3.63) is 90.1 Å². The number of para-hydroxylation sites is 1. The third-order valence-electron chi connectivity index (χ3n) is 5.48. The van der Waals surface area contributed by atoms with Gasteiger partial charge < -0.3 is 8.83 Å². The van der Waals surface area contributed by atoms with E-state index in [4.69, 9.17) is 8.83 Å². The summed E-state index contributed by atoms with van der Waals surface area (Å²) in [7, 11) is 0. The summed E-state index contributed by atoms with van der Waals surface area (Å²) in [6.07, 6.45) is 3.67. The molecule has 2 N–H and O–H groups in total. The summed E-state index contributed by atoms with van der Waals surface area (Å²) in [6, 6.07) is 22.6. The van der Waals surface area contributed by atoms with Gasteiger partial charge in [0.25, 0.3) is 5.82 Å². The number of aryl methyl sites for hydroxylation is 1. The summed E-state index contributed by atoms with van der Waals surface area (Å²) in [6.45, 7) is 2.81. The van der Waals surface area contributed by atoms with Gasteiger partial charge in [-0.3, -0.25) is 5.32 Å². The van der Waals surface area contributed by atoms with Crippen LogP contribution >= 0.6 is 0 Å². The molecular formula is C25H24N3O2+. The summed E-state index contributed by atoms with van der Waals surface area (Å²) in [4.78, 5) is 9.28. The molecule has 5 heteroatoms. The zero-order valence-electron chi connectivity index (χ0n) is 16.9. The largest absolute Gasteiger partial charge is 0.469 e. The first-order valence-electron chi connectivity index (χ1n) is 10.3. The number of nitrogens with two attached hydrogens (primary N) is 1. The monoisotopic (exact) mass is 398 g/mol. The lowest BCUT2D eigenvalue weighted by Crippen LogP contribution is -2.78. The first-order chi connectivity index (χ1) is 14.8. The second-order valence-corrected chi connectivity index (χ2v) is 7.62. The normalized spacial score (nSPS) is 12.6. The molecule has 0 aliphatic rings. The average Bonchev–Trinajstić information content (AvgIpc) is 3.42. The lowest BCUT2D eigenvalue weighted by atomic mass is 9.94. The minimum absolute atomic E-state index is 0.313. The molecule has 0 amide bonds. The van der Waals surface area contributed by atoms with E-state index in [1.54, 1.807) is 6.26 Å². The molecule has 0 bridgehead atoms. The standard InChI is InChI=1S/C25H23N3O2/c1-17-27-23-20-10-5-6-11-22(20)30-24(23)25(28-17)26-14-13-19(21-12-7-15-29-21)16-18-8-3-2-4-9-18/h2-12,15,19H,13-14,16H2,1H3,(H,26,27,28)/p+1. The summed E-state index contributed by atoms with van der Waals surface area (Å²) in [5.41, 5.74) is 3.81. The van der Waals surface area contributed by atoms with Gasteiger partial charge in [0.15, 0.2) is 0 Å². The number of aromatic nitrogens is 2. The highest BCUT2D eigenvalue weighted by atomic mass is 16.3. The molecule has 0 fully saturated rings. The summed E-state index contributed by atoms with van der Waals surface area (Å²) < 4.78 is 11.8. The van der Waals surface area contributed by atoms with Crippen LogP contribution in [0.25, 0.3) is 22.1 Å². The summed E-state index contributed by atoms with van der Waals surface area (Å²) in [5.74, 6) is 2.96. The number of furan rings is 2. The van der Waals surface area contributed by atoms with Crippen molar-refractivity contribution in [1.82, 2.24) is 9.97 Å². The molecule has 3 aromatic heterocycles. The fraction of sp³-hybridized carbons (Fsp3) is 0.200. The number of fused-ring (bicyclic) bond motifs is 3. The molecule has 0 radical (unpaired) electrons. The maximum atomic E-state index is 6.09. The van der Waals surface area contributed by atoms with Gasteiger partial charge in [-0.25, -0.2) is 4.98 Å². The molecule has 1 unspecified atom stereocenters. The molecule has 150 valence electrons. The lowest BCUT2D eigenvalue weighted by molar-refractivity contribution is -0.574. The summed E-state index contributed by atoms with van der Waals surface area (Å²) in [5, 5.41) is 3.20. The van der Waals surface area contributed by atoms with E-state index in [2.05, 4.69) is 51.7 Å². The Bertz CT molecular complexity index is 1260. The smallest absolute Gasteiger partial charge is 0.272 e. The van der Waals surface area contributed by atoms with Gasteiger partial charge in [0, 0.05) is 17.7 Å². The summed E-state index contributed by atoms with van der Waals surface area (Å²) >= 11 is 0. The molecule has 0 saturated heterocycles. The molecule has 5 nitrogen and oxygen atoms in total. The molecule has 0 aliphatic carbocycles. The number of hydrogen-bond donors (Lipinski definition) is 1. The molecule has 2 aromatic carbocycles. The van der Waals surface area contributed by atoms with Crippen molar-refractivity contribution < 1.29 is 14.2 Å². The first-order valence-corrected chi connectivity index (χ1v) is 10.3. The highest BCUT2D eigenvalue weighted by Crippen LogP contribution is 2.29. The van der Waals surface area contributed by atoms with Crippen LogP contribution in [0.5, 0.6) is 0 Å². The Morgan fingerprint density at radius 2 is 1.77 bits per heavy atom. The van der Waals surface area contributed by atoms with Crippen molar-refractivity contribution in [3.8, 4) is 0 Å². The minimum atomic E-state index is 0.313. The van der Waals surface area contributed by atoms with Crippen LogP contribution in [0.1, 0.15) is 29.5 Å². The van der Waals surface area contributed by atoms with Crippen LogP contribution in [0.3, 0.4) is 0 Å². The third-order valence-corrected chi connectivity index (χ3v) is 5.48. The lowest BCUT2D eigenvalue weighted by Gasteiger charge is -2.14. The third kappa shape index (κ3) is 3.72. The SMILES string of the molecule is Cc1nc([NH2+]CCC(Cc2ccccc2)c2ccco2)c2oc3ccccc3c2n1. The van der Waals surface area contributed by atoms with Crippen molar-refractivity contribution in [1.29, 1.82) is 0 Å².